The number of aryl methyl sites for hydroxylation is 1. The molecule has 2 atom stereocenters. The third kappa shape index (κ3) is 5.29. The number of piperazine rings is 1. The van der Waals surface area contributed by atoms with E-state index in [1.54, 1.807) is 24.4 Å². The van der Waals surface area contributed by atoms with Gasteiger partial charge in [0.1, 0.15) is 34.3 Å². The highest BCUT2D eigenvalue weighted by molar-refractivity contribution is 5.99. The Kier molecular flexibility index (Phi) is 7.35. The Morgan fingerprint density at radius 2 is 1.70 bits per heavy atom. The third-order valence-corrected chi connectivity index (χ3v) is 10.8. The predicted octanol–water partition coefficient (Wildman–Crippen LogP) is 7.27. The molecular formula is C37H42F2N6O2. The summed E-state index contributed by atoms with van der Waals surface area (Å²) in [5.41, 5.74) is 0.288. The van der Waals surface area contributed by atoms with E-state index in [-0.39, 0.29) is 34.9 Å². The van der Waals surface area contributed by atoms with Crippen molar-refractivity contribution in [2.24, 2.45) is 0 Å². The number of pyridine rings is 1. The molecule has 10 heteroatoms. The molecule has 4 saturated heterocycles. The summed E-state index contributed by atoms with van der Waals surface area (Å²) < 4.78 is 37.7. The number of amides is 1. The molecule has 4 aliphatic rings. The molecule has 2 aromatic heterocycles. The summed E-state index contributed by atoms with van der Waals surface area (Å²) in [4.78, 5) is 34.5. The average Bonchev–Trinajstić information content (AvgIpc) is 3.70. The van der Waals surface area contributed by atoms with Crippen LogP contribution in [-0.2, 0) is 11.2 Å². The van der Waals surface area contributed by atoms with Crippen LogP contribution in [0.1, 0.15) is 71.5 Å². The molecule has 8 rings (SSSR count). The predicted molar refractivity (Wildman–Crippen MR) is 178 cm³/mol. The average molecular weight is 641 g/mol. The summed E-state index contributed by atoms with van der Waals surface area (Å²) in [6, 6.07) is 10.1. The van der Waals surface area contributed by atoms with Crippen LogP contribution in [-0.4, -0.2) is 80.2 Å². The van der Waals surface area contributed by atoms with Crippen molar-refractivity contribution >= 4 is 33.6 Å². The van der Waals surface area contributed by atoms with Crippen LogP contribution in [0.25, 0.3) is 32.9 Å². The fourth-order valence-electron chi connectivity index (χ4n) is 8.79. The number of fused-ring (bicyclic) bond motifs is 5. The normalized spacial score (nSPS) is 22.4. The van der Waals surface area contributed by atoms with Gasteiger partial charge < -0.3 is 9.64 Å². The van der Waals surface area contributed by atoms with Crippen LogP contribution in [0.5, 0.6) is 0 Å². The Balaban J connectivity index is 1.20. The number of carbonyl (C=O) groups is 1. The number of rotatable bonds is 5. The summed E-state index contributed by atoms with van der Waals surface area (Å²) in [6.45, 7) is 9.06. The number of aromatic nitrogens is 3. The minimum Gasteiger partial charge on any atom is -0.444 e. The minimum absolute atomic E-state index is 0.0303. The lowest BCUT2D eigenvalue weighted by atomic mass is 9.88. The first-order valence-corrected chi connectivity index (χ1v) is 17.1. The van der Waals surface area contributed by atoms with Crippen molar-refractivity contribution in [3.8, 4) is 11.3 Å². The molecule has 4 fully saturated rings. The van der Waals surface area contributed by atoms with E-state index < -0.39 is 17.2 Å². The van der Waals surface area contributed by atoms with Crippen molar-refractivity contribution in [2.75, 3.05) is 31.1 Å². The molecule has 0 N–H and O–H groups in total. The Morgan fingerprint density at radius 3 is 2.40 bits per heavy atom. The maximum Gasteiger partial charge on any atom is 0.410 e. The van der Waals surface area contributed by atoms with Crippen molar-refractivity contribution in [1.29, 1.82) is 0 Å². The van der Waals surface area contributed by atoms with Gasteiger partial charge >= 0.3 is 6.09 Å². The number of ether oxygens (including phenoxy) is 1. The molecule has 8 nitrogen and oxygen atoms in total. The smallest absolute Gasteiger partial charge is 0.410 e. The summed E-state index contributed by atoms with van der Waals surface area (Å²) in [7, 11) is 0. The first kappa shape index (κ1) is 30.4. The van der Waals surface area contributed by atoms with Crippen LogP contribution in [0.15, 0.2) is 42.6 Å². The number of anilines is 1. The van der Waals surface area contributed by atoms with E-state index in [9.17, 15) is 4.79 Å². The number of halogens is 2. The van der Waals surface area contributed by atoms with Gasteiger partial charge in [-0.25, -0.2) is 23.5 Å². The second kappa shape index (κ2) is 11.4. The van der Waals surface area contributed by atoms with Crippen molar-refractivity contribution in [3.05, 3.63) is 60.1 Å². The van der Waals surface area contributed by atoms with Crippen molar-refractivity contribution in [1.82, 2.24) is 24.8 Å². The zero-order valence-corrected chi connectivity index (χ0v) is 27.4. The van der Waals surface area contributed by atoms with Crippen LogP contribution >= 0.6 is 0 Å². The van der Waals surface area contributed by atoms with Crippen LogP contribution in [0.2, 0.25) is 0 Å². The van der Waals surface area contributed by atoms with Gasteiger partial charge in [-0.05, 0) is 90.3 Å². The second-order valence-electron chi connectivity index (χ2n) is 14.9. The van der Waals surface area contributed by atoms with Gasteiger partial charge in [-0.15, -0.1) is 0 Å². The zero-order chi connectivity index (χ0) is 32.5. The molecule has 2 aromatic carbocycles. The van der Waals surface area contributed by atoms with Crippen LogP contribution in [0, 0.1) is 11.6 Å². The minimum atomic E-state index is -0.576. The van der Waals surface area contributed by atoms with Crippen molar-refractivity contribution in [3.63, 3.8) is 0 Å². The molecule has 0 radical (unpaired) electrons. The highest BCUT2D eigenvalue weighted by atomic mass is 19.1. The van der Waals surface area contributed by atoms with E-state index in [0.717, 1.165) is 32.4 Å². The summed E-state index contributed by atoms with van der Waals surface area (Å²) in [6.07, 6.45) is 9.46. The molecule has 0 unspecified atom stereocenters. The van der Waals surface area contributed by atoms with Gasteiger partial charge in [-0.1, -0.05) is 30.3 Å². The van der Waals surface area contributed by atoms with Gasteiger partial charge in [0.15, 0.2) is 5.82 Å². The molecule has 0 aliphatic carbocycles. The summed E-state index contributed by atoms with van der Waals surface area (Å²) in [5, 5.41) is 1.55. The lowest BCUT2D eigenvalue weighted by Gasteiger charge is -2.42. The van der Waals surface area contributed by atoms with Gasteiger partial charge in [-0.2, -0.15) is 0 Å². The Hall–Kier alpha value is -3.92. The number of nitrogens with zero attached hydrogens (tertiary/aromatic N) is 6. The SMILES string of the molecule is CC(C)(C)OC(=O)N1[C@@H]2CC[C@H]1CN(c1nc(CCC34CCCN3CCC4)nc3c(F)c(-c4cccc5cccc(F)c45)ncc13)C2. The van der Waals surface area contributed by atoms with Gasteiger partial charge in [0.25, 0.3) is 0 Å². The van der Waals surface area contributed by atoms with Gasteiger partial charge in [-0.3, -0.25) is 14.8 Å². The van der Waals surface area contributed by atoms with E-state index >= 15 is 8.78 Å². The lowest BCUT2D eigenvalue weighted by molar-refractivity contribution is 0.0123. The maximum atomic E-state index is 16.8. The highest BCUT2D eigenvalue weighted by Gasteiger charge is 2.46. The molecule has 4 aliphatic heterocycles. The van der Waals surface area contributed by atoms with E-state index in [1.165, 1.54) is 31.7 Å². The fraction of sp³-hybridized carbons (Fsp3) is 0.514. The molecular weight excluding hydrogens is 598 g/mol. The van der Waals surface area contributed by atoms with Gasteiger partial charge in [0.05, 0.1) is 17.5 Å². The summed E-state index contributed by atoms with van der Waals surface area (Å²) >= 11 is 0. The van der Waals surface area contributed by atoms with Crippen molar-refractivity contribution in [2.45, 2.75) is 95.4 Å². The molecule has 1 amide bonds. The number of hydrogen-bond donors (Lipinski definition) is 0. The zero-order valence-electron chi connectivity index (χ0n) is 27.4. The standard InChI is InChI=1S/C37H42F2N6O2/c1-36(2,3)47-35(46)45-24-12-13-25(45)22-43(21-24)34-27-20-40-32(26-10-4-8-23-9-5-11-28(38)30(23)26)31(39)33(27)41-29(42-34)14-17-37-15-6-18-44(37)19-7-16-37/h4-5,8-11,20,24-25H,6-7,12-19,21-22H2,1-3H3/t24-,25+. The number of carbonyl (C=O) groups excluding carboxylic acids is 1. The topological polar surface area (TPSA) is 74.7 Å². The second-order valence-corrected chi connectivity index (χ2v) is 14.9. The molecule has 246 valence electrons. The molecule has 2 bridgehead atoms. The monoisotopic (exact) mass is 640 g/mol. The fourth-order valence-corrected chi connectivity index (χ4v) is 8.79. The molecule has 4 aromatic rings. The number of hydrogen-bond acceptors (Lipinski definition) is 7. The largest absolute Gasteiger partial charge is 0.444 e. The van der Waals surface area contributed by atoms with Crippen LogP contribution < -0.4 is 4.90 Å². The van der Waals surface area contributed by atoms with E-state index in [1.807, 2.05) is 37.8 Å². The van der Waals surface area contributed by atoms with Crippen molar-refractivity contribution < 1.29 is 18.3 Å². The van der Waals surface area contributed by atoms with E-state index in [2.05, 4.69) is 14.8 Å². The first-order chi connectivity index (χ1) is 22.6. The molecule has 47 heavy (non-hydrogen) atoms. The Bertz CT molecular complexity index is 1850. The Morgan fingerprint density at radius 1 is 1.00 bits per heavy atom. The van der Waals surface area contributed by atoms with Gasteiger partial charge in [0, 0.05) is 42.2 Å². The molecule has 0 spiro atoms. The maximum absolute atomic E-state index is 16.8. The highest BCUT2D eigenvalue weighted by Crippen LogP contribution is 2.43. The third-order valence-electron chi connectivity index (χ3n) is 10.8. The lowest BCUT2D eigenvalue weighted by Crippen LogP contribution is -2.57. The molecule has 0 saturated carbocycles. The quantitative estimate of drug-likeness (QED) is 0.227. The first-order valence-electron chi connectivity index (χ1n) is 17.1. The Labute approximate surface area is 274 Å². The molecule has 6 heterocycles. The van der Waals surface area contributed by atoms with E-state index in [0.29, 0.717) is 52.9 Å². The van der Waals surface area contributed by atoms with Crippen LogP contribution in [0.3, 0.4) is 0 Å². The number of benzene rings is 2. The van der Waals surface area contributed by atoms with Gasteiger partial charge in [0.2, 0.25) is 0 Å². The van der Waals surface area contributed by atoms with E-state index in [4.69, 9.17) is 14.7 Å². The summed E-state index contributed by atoms with van der Waals surface area (Å²) in [5.74, 6) is 0.279. The van der Waals surface area contributed by atoms with Crippen LogP contribution in [0.4, 0.5) is 19.4 Å².